The van der Waals surface area contributed by atoms with Crippen molar-refractivity contribution in [2.75, 3.05) is 0 Å². The fourth-order valence-electron chi connectivity index (χ4n) is 7.05. The first-order valence-corrected chi connectivity index (χ1v) is 17.4. The highest BCUT2D eigenvalue weighted by atomic mass is 32.1. The average Bonchev–Trinajstić information content (AvgIpc) is 3.77. The van der Waals surface area contributed by atoms with Crippen LogP contribution in [0.15, 0.2) is 168 Å². The first-order chi connectivity index (χ1) is 24.8. The molecule has 0 saturated carbocycles. The van der Waals surface area contributed by atoms with Crippen LogP contribution in [-0.4, -0.2) is 15.0 Å². The minimum Gasteiger partial charge on any atom is -0.455 e. The van der Waals surface area contributed by atoms with Gasteiger partial charge in [0.15, 0.2) is 5.82 Å². The summed E-state index contributed by atoms with van der Waals surface area (Å²) < 4.78 is 9.30. The molecular weight excluding hydrogens is 631 g/mol. The predicted molar refractivity (Wildman–Crippen MR) is 207 cm³/mol. The Labute approximate surface area is 292 Å². The van der Waals surface area contributed by atoms with Gasteiger partial charge in [0, 0.05) is 53.8 Å². The minimum atomic E-state index is 0.604. The molecule has 0 bridgehead atoms. The lowest BCUT2D eigenvalue weighted by Crippen LogP contribution is -1.98. The van der Waals surface area contributed by atoms with Gasteiger partial charge in [-0.15, -0.1) is 11.3 Å². The van der Waals surface area contributed by atoms with Crippen molar-refractivity contribution in [3.05, 3.63) is 164 Å². The first kappa shape index (κ1) is 28.6. The molecule has 234 valence electrons. The number of aromatic nitrogens is 3. The van der Waals surface area contributed by atoms with E-state index in [0.717, 1.165) is 72.4 Å². The number of furan rings is 1. The zero-order valence-corrected chi connectivity index (χ0v) is 27.6. The van der Waals surface area contributed by atoms with E-state index in [1.165, 1.54) is 20.2 Å². The molecule has 10 rings (SSSR count). The highest BCUT2D eigenvalue weighted by Crippen LogP contribution is 2.44. The number of rotatable bonds is 5. The van der Waals surface area contributed by atoms with Gasteiger partial charge in [0.1, 0.15) is 11.2 Å². The molecule has 0 fully saturated rings. The molecule has 6 aromatic carbocycles. The second kappa shape index (κ2) is 11.6. The SMILES string of the molecule is c1ccc(-c2cc(-c3ccccc3-c3ccccn3)nc(-c3ccc(-c4ccc5c(c4)sc4ccccc45)c4c3oc3ccccc34)n2)cc1. The number of hydrogen-bond donors (Lipinski definition) is 0. The Morgan fingerprint density at radius 2 is 1.14 bits per heavy atom. The van der Waals surface area contributed by atoms with Gasteiger partial charge in [0.25, 0.3) is 0 Å². The van der Waals surface area contributed by atoms with E-state index in [4.69, 9.17) is 14.4 Å². The third kappa shape index (κ3) is 4.71. The Balaban J connectivity index is 1.22. The first-order valence-electron chi connectivity index (χ1n) is 16.6. The van der Waals surface area contributed by atoms with E-state index in [2.05, 4.69) is 102 Å². The van der Waals surface area contributed by atoms with Gasteiger partial charge >= 0.3 is 0 Å². The van der Waals surface area contributed by atoms with Crippen LogP contribution in [0.5, 0.6) is 0 Å². The van der Waals surface area contributed by atoms with Gasteiger partial charge in [0.2, 0.25) is 0 Å². The number of nitrogens with zero attached hydrogens (tertiary/aromatic N) is 3. The van der Waals surface area contributed by atoms with E-state index < -0.39 is 0 Å². The molecular formula is C45H27N3OS. The molecule has 0 aliphatic heterocycles. The average molecular weight is 658 g/mol. The van der Waals surface area contributed by atoms with Crippen molar-refractivity contribution in [1.29, 1.82) is 0 Å². The fourth-order valence-corrected chi connectivity index (χ4v) is 8.20. The van der Waals surface area contributed by atoms with Gasteiger partial charge in [-0.25, -0.2) is 9.97 Å². The van der Waals surface area contributed by atoms with Crippen LogP contribution in [0.4, 0.5) is 0 Å². The van der Waals surface area contributed by atoms with E-state index in [-0.39, 0.29) is 0 Å². The molecule has 10 aromatic rings. The van der Waals surface area contributed by atoms with Crippen LogP contribution in [0.25, 0.3) is 98.4 Å². The van der Waals surface area contributed by atoms with E-state index >= 15 is 0 Å². The number of fused-ring (bicyclic) bond motifs is 6. The summed E-state index contributed by atoms with van der Waals surface area (Å²) in [7, 11) is 0. The third-order valence-electron chi connectivity index (χ3n) is 9.40. The maximum atomic E-state index is 6.73. The zero-order valence-electron chi connectivity index (χ0n) is 26.7. The van der Waals surface area contributed by atoms with Crippen LogP contribution >= 0.6 is 11.3 Å². The van der Waals surface area contributed by atoms with Crippen LogP contribution in [0, 0.1) is 0 Å². The molecule has 0 spiro atoms. The second-order valence-corrected chi connectivity index (χ2v) is 13.4. The molecule has 50 heavy (non-hydrogen) atoms. The maximum absolute atomic E-state index is 6.73. The molecule has 0 saturated heterocycles. The Morgan fingerprint density at radius 3 is 2.00 bits per heavy atom. The summed E-state index contributed by atoms with van der Waals surface area (Å²) in [5.41, 5.74) is 10.3. The van der Waals surface area contributed by atoms with E-state index in [0.29, 0.717) is 5.82 Å². The number of thiophene rings is 1. The molecule has 4 heterocycles. The molecule has 0 N–H and O–H groups in total. The van der Waals surface area contributed by atoms with Crippen molar-refractivity contribution in [1.82, 2.24) is 15.0 Å². The van der Waals surface area contributed by atoms with Crippen molar-refractivity contribution < 1.29 is 4.42 Å². The summed E-state index contributed by atoms with van der Waals surface area (Å²) in [6, 6.07) is 54.6. The number of para-hydroxylation sites is 1. The molecule has 0 atom stereocenters. The van der Waals surface area contributed by atoms with E-state index in [9.17, 15) is 0 Å². The van der Waals surface area contributed by atoms with Gasteiger partial charge < -0.3 is 4.42 Å². The van der Waals surface area contributed by atoms with E-state index in [1.807, 2.05) is 78.2 Å². The van der Waals surface area contributed by atoms with Crippen LogP contribution in [0.2, 0.25) is 0 Å². The van der Waals surface area contributed by atoms with Gasteiger partial charge in [-0.1, -0.05) is 115 Å². The summed E-state index contributed by atoms with van der Waals surface area (Å²) in [5.74, 6) is 0.604. The Bertz CT molecular complexity index is 2870. The van der Waals surface area contributed by atoms with Gasteiger partial charge in [-0.05, 0) is 53.6 Å². The van der Waals surface area contributed by atoms with Crippen molar-refractivity contribution in [3.63, 3.8) is 0 Å². The monoisotopic (exact) mass is 657 g/mol. The van der Waals surface area contributed by atoms with Crippen LogP contribution in [-0.2, 0) is 0 Å². The predicted octanol–water partition coefficient (Wildman–Crippen LogP) is 12.5. The molecule has 0 aliphatic rings. The molecule has 4 nitrogen and oxygen atoms in total. The fraction of sp³-hybridized carbons (Fsp3) is 0. The Morgan fingerprint density at radius 1 is 0.440 bits per heavy atom. The molecule has 0 aliphatic carbocycles. The summed E-state index contributed by atoms with van der Waals surface area (Å²) in [5, 5.41) is 4.70. The van der Waals surface area contributed by atoms with Crippen LogP contribution in [0.3, 0.4) is 0 Å². The lowest BCUT2D eigenvalue weighted by molar-refractivity contribution is 0.669. The van der Waals surface area contributed by atoms with Crippen molar-refractivity contribution in [2.24, 2.45) is 0 Å². The lowest BCUT2D eigenvalue weighted by Gasteiger charge is -2.13. The topological polar surface area (TPSA) is 51.8 Å². The normalized spacial score (nSPS) is 11.6. The largest absolute Gasteiger partial charge is 0.455 e. The highest BCUT2D eigenvalue weighted by molar-refractivity contribution is 7.25. The molecule has 0 amide bonds. The molecule has 4 aromatic heterocycles. The summed E-state index contributed by atoms with van der Waals surface area (Å²) in [4.78, 5) is 15.2. The van der Waals surface area contributed by atoms with Crippen molar-refractivity contribution >= 4 is 53.4 Å². The number of pyridine rings is 1. The summed E-state index contributed by atoms with van der Waals surface area (Å²) in [6.07, 6.45) is 1.82. The quantitative estimate of drug-likeness (QED) is 0.185. The Hall–Kier alpha value is -6.43. The number of hydrogen-bond acceptors (Lipinski definition) is 5. The standard InChI is InChI=1S/C45H27N3OS/c1-2-12-28(13-3-1)38-27-39(32-15-5-4-14-31(32)37-18-10-11-25-46-37)48-45(47-38)36-24-23-30(43-35-17-6-8-19-40(35)49-44(36)43)29-21-22-34-33-16-7-9-20-41(33)50-42(34)26-29/h1-27H. The maximum Gasteiger partial charge on any atom is 0.164 e. The second-order valence-electron chi connectivity index (χ2n) is 12.4. The molecule has 5 heteroatoms. The number of benzene rings is 6. The van der Waals surface area contributed by atoms with E-state index in [1.54, 1.807) is 0 Å². The van der Waals surface area contributed by atoms with Crippen LogP contribution in [0.1, 0.15) is 0 Å². The summed E-state index contributed by atoms with van der Waals surface area (Å²) >= 11 is 1.83. The molecule has 0 radical (unpaired) electrons. The minimum absolute atomic E-state index is 0.604. The third-order valence-corrected chi connectivity index (χ3v) is 10.5. The summed E-state index contributed by atoms with van der Waals surface area (Å²) in [6.45, 7) is 0. The van der Waals surface area contributed by atoms with Gasteiger partial charge in [-0.3, -0.25) is 4.98 Å². The lowest BCUT2D eigenvalue weighted by atomic mass is 9.96. The van der Waals surface area contributed by atoms with Crippen molar-refractivity contribution in [3.8, 4) is 56.3 Å². The smallest absolute Gasteiger partial charge is 0.164 e. The van der Waals surface area contributed by atoms with Crippen LogP contribution < -0.4 is 0 Å². The molecule has 0 unspecified atom stereocenters. The zero-order chi connectivity index (χ0) is 33.0. The van der Waals surface area contributed by atoms with Crippen molar-refractivity contribution in [2.45, 2.75) is 0 Å². The van der Waals surface area contributed by atoms with Gasteiger partial charge in [0.05, 0.1) is 22.6 Å². The Kier molecular flexibility index (Phi) is 6.64. The highest BCUT2D eigenvalue weighted by Gasteiger charge is 2.21. The van der Waals surface area contributed by atoms with Gasteiger partial charge in [-0.2, -0.15) is 0 Å².